The van der Waals surface area contributed by atoms with Gasteiger partial charge < -0.3 is 5.11 Å². The SMILES string of the molecule is C=c1[nH]n(-c2ccc(Cl)c(C(=O)O)c2)c(=O)/c1=C\c1cccc(Br)c1. The minimum atomic E-state index is -1.16. The minimum Gasteiger partial charge on any atom is -0.478 e. The maximum absolute atomic E-state index is 12.7. The molecule has 1 aromatic heterocycles. The summed E-state index contributed by atoms with van der Waals surface area (Å²) in [5.41, 5.74) is 0.794. The summed E-state index contributed by atoms with van der Waals surface area (Å²) in [5, 5.41) is 13.0. The van der Waals surface area contributed by atoms with Crippen molar-refractivity contribution in [2.75, 3.05) is 0 Å². The summed E-state index contributed by atoms with van der Waals surface area (Å²) in [6, 6.07) is 11.8. The van der Waals surface area contributed by atoms with Gasteiger partial charge in [0.25, 0.3) is 5.56 Å². The van der Waals surface area contributed by atoms with E-state index < -0.39 is 5.97 Å². The monoisotopic (exact) mass is 418 g/mol. The van der Waals surface area contributed by atoms with Crippen LogP contribution in [0.1, 0.15) is 15.9 Å². The van der Waals surface area contributed by atoms with E-state index in [1.807, 2.05) is 24.3 Å². The molecule has 0 radical (unpaired) electrons. The lowest BCUT2D eigenvalue weighted by Gasteiger charge is -2.04. The first-order chi connectivity index (χ1) is 11.9. The van der Waals surface area contributed by atoms with Crippen molar-refractivity contribution in [2.24, 2.45) is 0 Å². The van der Waals surface area contributed by atoms with E-state index >= 15 is 0 Å². The molecule has 0 unspecified atom stereocenters. The van der Waals surface area contributed by atoms with Crippen LogP contribution in [0.5, 0.6) is 0 Å². The molecule has 2 N–H and O–H groups in total. The van der Waals surface area contributed by atoms with Crippen molar-refractivity contribution in [3.8, 4) is 5.69 Å². The van der Waals surface area contributed by atoms with Gasteiger partial charge in [-0.05, 0) is 42.0 Å². The van der Waals surface area contributed by atoms with Crippen molar-refractivity contribution in [3.05, 3.63) is 84.0 Å². The Morgan fingerprint density at radius 2 is 2.04 bits per heavy atom. The first-order valence-electron chi connectivity index (χ1n) is 7.17. The summed E-state index contributed by atoms with van der Waals surface area (Å²) in [6.45, 7) is 3.86. The first kappa shape index (κ1) is 17.3. The van der Waals surface area contributed by atoms with Crippen LogP contribution in [0.3, 0.4) is 0 Å². The Kier molecular flexibility index (Phi) is 4.65. The Hall–Kier alpha value is -2.57. The second kappa shape index (κ2) is 6.74. The number of carboxylic acid groups (broad SMARTS) is 1. The number of aromatic amines is 1. The highest BCUT2D eigenvalue weighted by Crippen LogP contribution is 2.18. The molecule has 0 amide bonds. The highest BCUT2D eigenvalue weighted by molar-refractivity contribution is 9.10. The van der Waals surface area contributed by atoms with Crippen LogP contribution in [0.4, 0.5) is 0 Å². The molecular weight excluding hydrogens is 408 g/mol. The summed E-state index contributed by atoms with van der Waals surface area (Å²) in [6.07, 6.45) is 1.72. The van der Waals surface area contributed by atoms with E-state index in [0.717, 1.165) is 10.0 Å². The third-order valence-electron chi connectivity index (χ3n) is 3.60. The van der Waals surface area contributed by atoms with Crippen LogP contribution < -0.4 is 16.1 Å². The van der Waals surface area contributed by atoms with Crippen LogP contribution in [-0.4, -0.2) is 20.9 Å². The maximum Gasteiger partial charge on any atom is 0.337 e. The predicted octanol–water partition coefficient (Wildman–Crippen LogP) is 2.52. The second-order valence-corrected chi connectivity index (χ2v) is 6.64. The molecule has 25 heavy (non-hydrogen) atoms. The van der Waals surface area contributed by atoms with E-state index in [2.05, 4.69) is 27.6 Å². The van der Waals surface area contributed by atoms with E-state index in [0.29, 0.717) is 16.3 Å². The highest BCUT2D eigenvalue weighted by atomic mass is 79.9. The molecule has 0 atom stereocenters. The highest BCUT2D eigenvalue weighted by Gasteiger charge is 2.12. The molecule has 0 spiro atoms. The van der Waals surface area contributed by atoms with Crippen LogP contribution in [0.25, 0.3) is 18.3 Å². The molecule has 2 aromatic carbocycles. The molecule has 3 rings (SSSR count). The predicted molar refractivity (Wildman–Crippen MR) is 101 cm³/mol. The smallest absolute Gasteiger partial charge is 0.337 e. The van der Waals surface area contributed by atoms with E-state index in [1.165, 1.54) is 16.8 Å². The molecular formula is C18H12BrClN2O3. The molecule has 7 heteroatoms. The number of benzene rings is 2. The molecule has 3 aromatic rings. The Balaban J connectivity index is 2.19. The molecule has 0 saturated heterocycles. The van der Waals surface area contributed by atoms with E-state index in [9.17, 15) is 14.7 Å². The van der Waals surface area contributed by atoms with Crippen molar-refractivity contribution in [3.63, 3.8) is 0 Å². The second-order valence-electron chi connectivity index (χ2n) is 5.31. The summed E-state index contributed by atoms with van der Waals surface area (Å²) in [7, 11) is 0. The molecule has 0 fully saturated rings. The van der Waals surface area contributed by atoms with Gasteiger partial charge in [0.2, 0.25) is 0 Å². The van der Waals surface area contributed by atoms with E-state index in [1.54, 1.807) is 12.1 Å². The van der Waals surface area contributed by atoms with Crippen molar-refractivity contribution in [1.29, 1.82) is 0 Å². The first-order valence-corrected chi connectivity index (χ1v) is 8.34. The summed E-state index contributed by atoms with van der Waals surface area (Å²) in [4.78, 5) is 23.9. The zero-order valence-corrected chi connectivity index (χ0v) is 15.1. The third-order valence-corrected chi connectivity index (χ3v) is 4.43. The van der Waals surface area contributed by atoms with Crippen LogP contribution >= 0.6 is 27.5 Å². The Morgan fingerprint density at radius 3 is 2.72 bits per heavy atom. The normalized spacial score (nSPS) is 11.7. The summed E-state index contributed by atoms with van der Waals surface area (Å²) >= 11 is 9.26. The molecule has 0 aliphatic heterocycles. The van der Waals surface area contributed by atoms with Gasteiger partial charge in [-0.1, -0.05) is 46.2 Å². The van der Waals surface area contributed by atoms with Gasteiger partial charge in [0.15, 0.2) is 0 Å². The van der Waals surface area contributed by atoms with Gasteiger partial charge >= 0.3 is 5.97 Å². The zero-order valence-electron chi connectivity index (χ0n) is 12.8. The van der Waals surface area contributed by atoms with Gasteiger partial charge in [-0.15, -0.1) is 0 Å². The van der Waals surface area contributed by atoms with Gasteiger partial charge in [-0.2, -0.15) is 0 Å². The number of hydrogen-bond donors (Lipinski definition) is 2. The van der Waals surface area contributed by atoms with E-state index in [4.69, 9.17) is 11.6 Å². The number of hydrogen-bond acceptors (Lipinski definition) is 2. The number of carboxylic acids is 1. The fourth-order valence-corrected chi connectivity index (χ4v) is 3.02. The number of H-pyrrole nitrogens is 1. The van der Waals surface area contributed by atoms with Gasteiger partial charge in [-0.3, -0.25) is 9.89 Å². The van der Waals surface area contributed by atoms with E-state index in [-0.39, 0.29) is 16.1 Å². The summed E-state index contributed by atoms with van der Waals surface area (Å²) < 4.78 is 2.14. The molecule has 126 valence electrons. The van der Waals surface area contributed by atoms with Crippen LogP contribution in [-0.2, 0) is 0 Å². The molecule has 0 bridgehead atoms. The molecule has 0 aliphatic rings. The Bertz CT molecular complexity index is 1150. The van der Waals surface area contributed by atoms with Crippen molar-refractivity contribution < 1.29 is 9.90 Å². The lowest BCUT2D eigenvalue weighted by molar-refractivity contribution is 0.0697. The largest absolute Gasteiger partial charge is 0.478 e. The average molecular weight is 420 g/mol. The fourth-order valence-electron chi connectivity index (χ4n) is 2.41. The van der Waals surface area contributed by atoms with Crippen LogP contribution in [0, 0.1) is 0 Å². The number of rotatable bonds is 3. The standard InChI is InChI=1S/C18H12BrClN2O3/c1-10-14(8-11-3-2-4-12(19)7-11)17(23)22(21-10)13-5-6-16(20)15(9-13)18(24)25/h2-9,21H,1H2,(H,24,25)/b14-8-. The quantitative estimate of drug-likeness (QED) is 0.685. The fraction of sp³-hybridized carbons (Fsp3) is 0. The number of aromatic nitrogens is 2. The zero-order chi connectivity index (χ0) is 18.1. The Labute approximate surface area is 155 Å². The lowest BCUT2D eigenvalue weighted by atomic mass is 10.2. The van der Waals surface area contributed by atoms with Crippen molar-refractivity contribution in [1.82, 2.24) is 9.78 Å². The van der Waals surface area contributed by atoms with Gasteiger partial charge in [-0.25, -0.2) is 9.48 Å². The van der Waals surface area contributed by atoms with Crippen LogP contribution in [0.15, 0.2) is 51.7 Å². The Morgan fingerprint density at radius 1 is 1.28 bits per heavy atom. The van der Waals surface area contributed by atoms with Crippen molar-refractivity contribution >= 4 is 46.2 Å². The minimum absolute atomic E-state index is 0.0798. The average Bonchev–Trinajstić information content (AvgIpc) is 2.83. The topological polar surface area (TPSA) is 75.1 Å². The molecule has 0 saturated carbocycles. The van der Waals surface area contributed by atoms with Gasteiger partial charge in [0.05, 0.1) is 26.8 Å². The number of carbonyl (C=O) groups is 1. The maximum atomic E-state index is 12.7. The summed E-state index contributed by atoms with van der Waals surface area (Å²) in [5.74, 6) is -1.16. The van der Waals surface area contributed by atoms with Crippen molar-refractivity contribution in [2.45, 2.75) is 0 Å². The lowest BCUT2D eigenvalue weighted by Crippen LogP contribution is -2.34. The molecule has 5 nitrogen and oxygen atoms in total. The number of nitrogens with zero attached hydrogens (tertiary/aromatic N) is 1. The number of halogens is 2. The molecule has 0 aliphatic carbocycles. The number of aromatic carboxylic acids is 1. The van der Waals surface area contributed by atoms with Gasteiger partial charge in [0.1, 0.15) is 0 Å². The van der Waals surface area contributed by atoms with Crippen LogP contribution in [0.2, 0.25) is 5.02 Å². The molecule has 1 heterocycles. The third kappa shape index (κ3) is 3.45. The van der Waals surface area contributed by atoms with Gasteiger partial charge in [0, 0.05) is 4.47 Å². The number of nitrogens with one attached hydrogen (secondary N) is 1.